The maximum Gasteiger partial charge on any atom is 0.236 e. The number of hydrogen-bond donors (Lipinski definition) is 1. The Hall–Kier alpha value is -0.790. The van der Waals surface area contributed by atoms with Crippen molar-refractivity contribution in [2.24, 2.45) is 0 Å². The SMILES string of the molecule is C=C[N+](C)=CNC. The van der Waals surface area contributed by atoms with E-state index in [2.05, 4.69) is 11.9 Å². The fourth-order valence-electron chi connectivity index (χ4n) is 0.256. The van der Waals surface area contributed by atoms with Gasteiger partial charge in [0.2, 0.25) is 6.34 Å². The minimum absolute atomic E-state index is 1.72. The molecule has 40 valence electrons. The molecule has 0 saturated carbocycles. The molecule has 0 aliphatic rings. The highest BCUT2D eigenvalue weighted by Crippen LogP contribution is 1.57. The van der Waals surface area contributed by atoms with Gasteiger partial charge in [0.25, 0.3) is 0 Å². The zero-order valence-electron chi connectivity index (χ0n) is 4.81. The molecule has 0 aromatic heterocycles. The van der Waals surface area contributed by atoms with Crippen molar-refractivity contribution in [3.8, 4) is 0 Å². The Balaban J connectivity index is 3.49. The van der Waals surface area contributed by atoms with E-state index >= 15 is 0 Å². The predicted octanol–water partition coefficient (Wildman–Crippen LogP) is 0.0199. The summed E-state index contributed by atoms with van der Waals surface area (Å²) in [5, 5.41) is 2.85. The molecule has 0 rings (SSSR count). The van der Waals surface area contributed by atoms with Crippen LogP contribution in [-0.2, 0) is 0 Å². The van der Waals surface area contributed by atoms with Crippen molar-refractivity contribution in [2.45, 2.75) is 0 Å². The maximum atomic E-state index is 3.53. The predicted molar refractivity (Wildman–Crippen MR) is 31.5 cm³/mol. The van der Waals surface area contributed by atoms with Crippen molar-refractivity contribution >= 4 is 6.34 Å². The van der Waals surface area contributed by atoms with Crippen LogP contribution >= 0.6 is 0 Å². The summed E-state index contributed by atoms with van der Waals surface area (Å²) in [6.45, 7) is 3.53. The van der Waals surface area contributed by atoms with Crippen LogP contribution in [0.2, 0.25) is 0 Å². The lowest BCUT2D eigenvalue weighted by Gasteiger charge is -1.83. The third-order valence-electron chi connectivity index (χ3n) is 0.621. The Morgan fingerprint density at radius 2 is 2.29 bits per heavy atom. The quantitative estimate of drug-likeness (QED) is 0.293. The van der Waals surface area contributed by atoms with Crippen molar-refractivity contribution in [3.63, 3.8) is 0 Å². The molecular weight excluding hydrogens is 88.1 g/mol. The molecule has 2 heteroatoms. The van der Waals surface area contributed by atoms with E-state index in [1.807, 2.05) is 25.0 Å². The molecule has 0 spiro atoms. The van der Waals surface area contributed by atoms with Gasteiger partial charge in [-0.1, -0.05) is 6.58 Å². The largest absolute Gasteiger partial charge is 0.283 e. The van der Waals surface area contributed by atoms with Crippen LogP contribution < -0.4 is 5.32 Å². The Labute approximate surface area is 44.2 Å². The Bertz CT molecular complexity index is 84.1. The Kier molecular flexibility index (Phi) is 3.02. The summed E-state index contributed by atoms with van der Waals surface area (Å²) in [6.07, 6.45) is 3.53. The van der Waals surface area contributed by atoms with Crippen LogP contribution in [0, 0.1) is 0 Å². The van der Waals surface area contributed by atoms with Gasteiger partial charge < -0.3 is 0 Å². The lowest BCUT2D eigenvalue weighted by molar-refractivity contribution is -0.418. The molecule has 0 aliphatic heterocycles. The molecule has 0 aromatic rings. The van der Waals surface area contributed by atoms with Crippen LogP contribution in [0.1, 0.15) is 0 Å². The molecular formula is C5H11N2+. The van der Waals surface area contributed by atoms with E-state index in [1.165, 1.54) is 0 Å². The van der Waals surface area contributed by atoms with Gasteiger partial charge in [-0.25, -0.2) is 4.58 Å². The first-order valence-electron chi connectivity index (χ1n) is 2.16. The molecule has 0 heterocycles. The van der Waals surface area contributed by atoms with Crippen molar-refractivity contribution < 1.29 is 4.58 Å². The second-order valence-electron chi connectivity index (χ2n) is 1.27. The minimum atomic E-state index is 1.72. The van der Waals surface area contributed by atoms with Crippen LogP contribution in [0.25, 0.3) is 0 Å². The highest BCUT2D eigenvalue weighted by Gasteiger charge is 1.73. The molecule has 0 bridgehead atoms. The zero-order chi connectivity index (χ0) is 5.70. The topological polar surface area (TPSA) is 15.0 Å². The summed E-state index contributed by atoms with van der Waals surface area (Å²) in [5.41, 5.74) is 0. The van der Waals surface area contributed by atoms with E-state index in [0.29, 0.717) is 0 Å². The summed E-state index contributed by atoms with van der Waals surface area (Å²) in [6, 6.07) is 0. The van der Waals surface area contributed by atoms with Gasteiger partial charge in [0.1, 0.15) is 0 Å². The summed E-state index contributed by atoms with van der Waals surface area (Å²) in [5.74, 6) is 0. The van der Waals surface area contributed by atoms with Gasteiger partial charge in [0, 0.05) is 0 Å². The molecule has 0 amide bonds. The number of nitrogens with zero attached hydrogens (tertiary/aromatic N) is 1. The fraction of sp³-hybridized carbons (Fsp3) is 0.400. The van der Waals surface area contributed by atoms with Gasteiger partial charge >= 0.3 is 0 Å². The van der Waals surface area contributed by atoms with E-state index < -0.39 is 0 Å². The second kappa shape index (κ2) is 3.40. The van der Waals surface area contributed by atoms with Gasteiger partial charge in [0.05, 0.1) is 20.3 Å². The maximum absolute atomic E-state index is 3.53. The first-order chi connectivity index (χ1) is 3.31. The number of rotatable bonds is 2. The lowest BCUT2D eigenvalue weighted by atomic mass is 10.9. The monoisotopic (exact) mass is 99.1 g/mol. The van der Waals surface area contributed by atoms with Crippen molar-refractivity contribution in [1.82, 2.24) is 5.32 Å². The van der Waals surface area contributed by atoms with E-state index in [1.54, 1.807) is 6.20 Å². The highest BCUT2D eigenvalue weighted by atomic mass is 15.0. The minimum Gasteiger partial charge on any atom is -0.283 e. The highest BCUT2D eigenvalue weighted by molar-refractivity contribution is 5.47. The molecule has 0 radical (unpaired) electrons. The van der Waals surface area contributed by atoms with Gasteiger partial charge in [0.15, 0.2) is 0 Å². The van der Waals surface area contributed by atoms with E-state index in [4.69, 9.17) is 0 Å². The molecule has 0 fully saturated rings. The Morgan fingerprint density at radius 3 is 2.43 bits per heavy atom. The third-order valence-corrected chi connectivity index (χ3v) is 0.621. The third kappa shape index (κ3) is 3.03. The van der Waals surface area contributed by atoms with Gasteiger partial charge in [-0.3, -0.25) is 5.32 Å². The van der Waals surface area contributed by atoms with Crippen LogP contribution in [0.15, 0.2) is 12.8 Å². The Morgan fingerprint density at radius 1 is 1.71 bits per heavy atom. The summed E-state index contributed by atoms with van der Waals surface area (Å²) >= 11 is 0. The molecule has 0 aromatic carbocycles. The standard InChI is InChI=1S/C5H10N2/c1-4-7(3)5-6-2/h4-5H,1H2,2-3H3/p+1. The molecule has 0 aliphatic carbocycles. The van der Waals surface area contributed by atoms with Crippen LogP contribution in [0.5, 0.6) is 0 Å². The van der Waals surface area contributed by atoms with Gasteiger partial charge in [-0.2, -0.15) is 0 Å². The normalized spacial score (nSPS) is 10.9. The zero-order valence-corrected chi connectivity index (χ0v) is 4.81. The van der Waals surface area contributed by atoms with Crippen LogP contribution in [-0.4, -0.2) is 25.0 Å². The summed E-state index contributed by atoms with van der Waals surface area (Å²) < 4.78 is 1.83. The first-order valence-corrected chi connectivity index (χ1v) is 2.16. The molecule has 0 unspecified atom stereocenters. The molecule has 0 saturated heterocycles. The van der Waals surface area contributed by atoms with Crippen molar-refractivity contribution in [3.05, 3.63) is 12.8 Å². The second-order valence-corrected chi connectivity index (χ2v) is 1.27. The molecule has 0 atom stereocenters. The van der Waals surface area contributed by atoms with E-state index in [0.717, 1.165) is 0 Å². The van der Waals surface area contributed by atoms with Crippen molar-refractivity contribution in [2.75, 3.05) is 14.1 Å². The van der Waals surface area contributed by atoms with E-state index in [9.17, 15) is 0 Å². The molecule has 2 nitrogen and oxygen atoms in total. The van der Waals surface area contributed by atoms with Gasteiger partial charge in [-0.15, -0.1) is 0 Å². The molecule has 7 heavy (non-hydrogen) atoms. The lowest BCUT2D eigenvalue weighted by Crippen LogP contribution is -2.10. The summed E-state index contributed by atoms with van der Waals surface area (Å²) in [4.78, 5) is 0. The van der Waals surface area contributed by atoms with Gasteiger partial charge in [-0.05, 0) is 0 Å². The number of hydrogen-bond acceptors (Lipinski definition) is 0. The average molecular weight is 99.2 g/mol. The number of nitrogens with one attached hydrogen (secondary N) is 1. The van der Waals surface area contributed by atoms with Crippen molar-refractivity contribution in [1.29, 1.82) is 0 Å². The summed E-state index contributed by atoms with van der Waals surface area (Å²) in [7, 11) is 3.75. The first kappa shape index (κ1) is 6.21. The van der Waals surface area contributed by atoms with Crippen LogP contribution in [0.3, 0.4) is 0 Å². The van der Waals surface area contributed by atoms with Crippen LogP contribution in [0.4, 0.5) is 0 Å². The van der Waals surface area contributed by atoms with E-state index in [-0.39, 0.29) is 0 Å². The average Bonchev–Trinajstić information content (AvgIpc) is 1.68. The molecule has 1 N–H and O–H groups in total. The smallest absolute Gasteiger partial charge is 0.236 e. The fourth-order valence-corrected chi connectivity index (χ4v) is 0.256.